The molecular formula is C28H24N2O4S. The summed E-state index contributed by atoms with van der Waals surface area (Å²) in [6.07, 6.45) is 0. The third-order valence-electron chi connectivity index (χ3n) is 7.90. The van der Waals surface area contributed by atoms with Gasteiger partial charge in [-0.1, -0.05) is 48.0 Å². The van der Waals surface area contributed by atoms with Crippen molar-refractivity contribution < 1.29 is 19.1 Å². The second-order valence-electron chi connectivity index (χ2n) is 9.65. The number of carbonyl (C=O) groups excluding carboxylic acids is 2. The predicted octanol–water partition coefficient (Wildman–Crippen LogP) is 4.54. The van der Waals surface area contributed by atoms with Gasteiger partial charge in [-0.15, -0.1) is 11.8 Å². The third kappa shape index (κ3) is 2.82. The number of carbonyl (C=O) groups is 2. The highest BCUT2D eigenvalue weighted by atomic mass is 32.2. The molecule has 4 aliphatic rings. The van der Waals surface area contributed by atoms with Gasteiger partial charge in [-0.3, -0.25) is 14.5 Å². The van der Waals surface area contributed by atoms with E-state index in [2.05, 4.69) is 28.4 Å². The van der Waals surface area contributed by atoms with Crippen molar-refractivity contribution in [3.05, 3.63) is 89.0 Å². The van der Waals surface area contributed by atoms with Crippen LogP contribution in [0.3, 0.4) is 0 Å². The highest BCUT2D eigenvalue weighted by Crippen LogP contribution is 2.61. The summed E-state index contributed by atoms with van der Waals surface area (Å²) in [5, 5.41) is 3.13. The lowest BCUT2D eigenvalue weighted by molar-refractivity contribution is -0.127. The maximum atomic E-state index is 14.6. The molecule has 7 heteroatoms. The zero-order valence-corrected chi connectivity index (χ0v) is 20.0. The van der Waals surface area contributed by atoms with Gasteiger partial charge in [0.2, 0.25) is 12.7 Å². The average Bonchev–Trinajstić information content (AvgIpc) is 3.63. The average molecular weight is 485 g/mol. The Bertz CT molecular complexity index is 1380. The quantitative estimate of drug-likeness (QED) is 0.551. The molecule has 0 radical (unpaired) electrons. The zero-order chi connectivity index (χ0) is 23.7. The van der Waals surface area contributed by atoms with Crippen LogP contribution in [0.2, 0.25) is 0 Å². The Morgan fingerprint density at radius 1 is 1.06 bits per heavy atom. The highest BCUT2D eigenvalue weighted by molar-refractivity contribution is 7.99. The van der Waals surface area contributed by atoms with E-state index in [9.17, 15) is 9.59 Å². The molecule has 4 aliphatic heterocycles. The lowest BCUT2D eigenvalue weighted by Crippen LogP contribution is -2.52. The van der Waals surface area contributed by atoms with Crippen molar-refractivity contribution in [1.29, 1.82) is 0 Å². The summed E-state index contributed by atoms with van der Waals surface area (Å²) in [4.78, 5) is 30.9. The SMILES string of the molecule is Cc1ccc2c(c1)[C@]1(C(=O)N2)[C@H](C(=O)c2ccc3c(c2)OCO3)[C@@H](c2ccccc2)[C@@H]2CSCN21. The summed E-state index contributed by atoms with van der Waals surface area (Å²) in [5.74, 6) is 1.94. The summed E-state index contributed by atoms with van der Waals surface area (Å²) in [6, 6.07) is 21.7. The Balaban J connectivity index is 1.47. The highest BCUT2D eigenvalue weighted by Gasteiger charge is 2.69. The zero-order valence-electron chi connectivity index (χ0n) is 19.2. The summed E-state index contributed by atoms with van der Waals surface area (Å²) in [6.45, 7) is 2.18. The first-order chi connectivity index (χ1) is 17.1. The van der Waals surface area contributed by atoms with E-state index in [1.54, 1.807) is 18.2 Å². The molecular weight excluding hydrogens is 460 g/mol. The van der Waals surface area contributed by atoms with Gasteiger partial charge in [0.15, 0.2) is 17.3 Å². The van der Waals surface area contributed by atoms with Crippen molar-refractivity contribution in [2.24, 2.45) is 5.92 Å². The molecule has 3 aromatic carbocycles. The van der Waals surface area contributed by atoms with E-state index in [4.69, 9.17) is 9.47 Å². The van der Waals surface area contributed by atoms with Gasteiger partial charge in [0, 0.05) is 40.4 Å². The van der Waals surface area contributed by atoms with E-state index in [0.717, 1.165) is 28.1 Å². The first-order valence-corrected chi connectivity index (χ1v) is 13.0. The summed E-state index contributed by atoms with van der Waals surface area (Å²) in [7, 11) is 0. The van der Waals surface area contributed by atoms with E-state index < -0.39 is 11.5 Å². The van der Waals surface area contributed by atoms with E-state index >= 15 is 0 Å². The second kappa shape index (κ2) is 7.60. The Kier molecular flexibility index (Phi) is 4.57. The molecule has 0 bridgehead atoms. The van der Waals surface area contributed by atoms with Crippen LogP contribution < -0.4 is 14.8 Å². The number of ketones is 1. The van der Waals surface area contributed by atoms with Gasteiger partial charge in [0.05, 0.1) is 5.92 Å². The molecule has 6 nitrogen and oxygen atoms in total. The van der Waals surface area contributed by atoms with Gasteiger partial charge < -0.3 is 14.8 Å². The molecule has 3 aromatic rings. The molecule has 0 aromatic heterocycles. The molecule has 0 aliphatic carbocycles. The molecule has 1 N–H and O–H groups in total. The number of benzene rings is 3. The van der Waals surface area contributed by atoms with Crippen LogP contribution in [0.4, 0.5) is 5.69 Å². The largest absolute Gasteiger partial charge is 0.454 e. The van der Waals surface area contributed by atoms with Gasteiger partial charge >= 0.3 is 0 Å². The van der Waals surface area contributed by atoms with Gasteiger partial charge in [0.25, 0.3) is 0 Å². The first kappa shape index (κ1) is 21.0. The number of thioether (sulfide) groups is 1. The van der Waals surface area contributed by atoms with Crippen molar-refractivity contribution in [2.45, 2.75) is 24.4 Å². The van der Waals surface area contributed by atoms with E-state index in [0.29, 0.717) is 22.9 Å². The lowest BCUT2D eigenvalue weighted by atomic mass is 9.69. The van der Waals surface area contributed by atoms with Crippen LogP contribution in [-0.2, 0) is 10.3 Å². The fraction of sp³-hybridized carbons (Fsp3) is 0.286. The van der Waals surface area contributed by atoms with Crippen LogP contribution in [0, 0.1) is 12.8 Å². The van der Waals surface area contributed by atoms with Gasteiger partial charge in [-0.05, 0) is 36.8 Å². The van der Waals surface area contributed by atoms with Crippen molar-refractivity contribution >= 4 is 29.1 Å². The summed E-state index contributed by atoms with van der Waals surface area (Å²) >= 11 is 1.83. The normalized spacial score (nSPS) is 28.3. The van der Waals surface area contributed by atoms with Crippen molar-refractivity contribution in [1.82, 2.24) is 4.90 Å². The first-order valence-electron chi connectivity index (χ1n) is 11.8. The number of anilines is 1. The minimum atomic E-state index is -1.07. The lowest BCUT2D eigenvalue weighted by Gasteiger charge is -2.36. The Morgan fingerprint density at radius 3 is 2.74 bits per heavy atom. The van der Waals surface area contributed by atoms with Gasteiger partial charge in [-0.25, -0.2) is 0 Å². The molecule has 7 rings (SSSR count). The van der Waals surface area contributed by atoms with Crippen LogP contribution in [0.1, 0.15) is 33.0 Å². The van der Waals surface area contributed by atoms with Crippen LogP contribution >= 0.6 is 11.8 Å². The number of Topliss-reactive ketones (excluding diaryl/α,β-unsaturated/α-hetero) is 1. The third-order valence-corrected chi connectivity index (χ3v) is 8.94. The van der Waals surface area contributed by atoms with E-state index in [-0.39, 0.29) is 30.4 Å². The van der Waals surface area contributed by atoms with E-state index in [1.807, 2.05) is 49.0 Å². The van der Waals surface area contributed by atoms with Gasteiger partial charge in [0.1, 0.15) is 5.54 Å². The topological polar surface area (TPSA) is 67.9 Å². The minimum Gasteiger partial charge on any atom is -0.454 e. The fourth-order valence-electron chi connectivity index (χ4n) is 6.47. The van der Waals surface area contributed by atoms with Crippen LogP contribution in [-0.4, -0.2) is 41.1 Å². The number of ether oxygens (including phenoxy) is 2. The van der Waals surface area contributed by atoms with Crippen molar-refractivity contribution in [3.8, 4) is 11.5 Å². The molecule has 4 atom stereocenters. The Morgan fingerprint density at radius 2 is 1.89 bits per heavy atom. The standard InChI is InChI=1S/C28H24N2O4S/c1-16-7-9-20-19(11-16)28(27(32)29-20)25(26(31)18-8-10-22-23(12-18)34-15-33-22)24(17-5-3-2-4-6-17)21-13-35-14-30(21)28/h2-12,21,24-25H,13-15H2,1H3,(H,29,32)/t21-,24-,25-,28+/m0/s1. The van der Waals surface area contributed by atoms with E-state index in [1.165, 1.54) is 0 Å². The second-order valence-corrected chi connectivity index (χ2v) is 10.7. The smallest absolute Gasteiger partial charge is 0.250 e. The number of aryl methyl sites for hydroxylation is 1. The Hall–Kier alpha value is -3.29. The molecule has 0 saturated carbocycles. The Labute approximate surface area is 207 Å². The number of rotatable bonds is 3. The number of hydrogen-bond acceptors (Lipinski definition) is 6. The number of nitrogens with zero attached hydrogens (tertiary/aromatic N) is 1. The fourth-order valence-corrected chi connectivity index (χ4v) is 7.79. The summed E-state index contributed by atoms with van der Waals surface area (Å²) in [5.41, 5.74) is 3.35. The van der Waals surface area contributed by atoms with Crippen molar-refractivity contribution in [2.75, 3.05) is 23.7 Å². The van der Waals surface area contributed by atoms with Crippen LogP contribution in [0.5, 0.6) is 11.5 Å². The molecule has 4 heterocycles. The molecule has 35 heavy (non-hydrogen) atoms. The van der Waals surface area contributed by atoms with Gasteiger partial charge in [-0.2, -0.15) is 0 Å². The maximum absolute atomic E-state index is 14.6. The predicted molar refractivity (Wildman–Crippen MR) is 134 cm³/mol. The molecule has 1 amide bonds. The number of hydrogen-bond donors (Lipinski definition) is 1. The van der Waals surface area contributed by atoms with Crippen LogP contribution in [0.25, 0.3) is 0 Å². The molecule has 2 saturated heterocycles. The minimum absolute atomic E-state index is 0.0407. The van der Waals surface area contributed by atoms with Crippen LogP contribution in [0.15, 0.2) is 66.7 Å². The maximum Gasteiger partial charge on any atom is 0.250 e. The number of fused-ring (bicyclic) bond motifs is 5. The number of nitrogens with one attached hydrogen (secondary N) is 1. The molecule has 0 unspecified atom stereocenters. The molecule has 2 fully saturated rings. The molecule has 176 valence electrons. The monoisotopic (exact) mass is 484 g/mol. The number of amides is 1. The summed E-state index contributed by atoms with van der Waals surface area (Å²) < 4.78 is 11.1. The molecule has 1 spiro atoms. The van der Waals surface area contributed by atoms with Crippen molar-refractivity contribution in [3.63, 3.8) is 0 Å².